The van der Waals surface area contributed by atoms with E-state index in [9.17, 15) is 8.42 Å². The Balaban J connectivity index is 0.00000196. The predicted molar refractivity (Wildman–Crippen MR) is 105 cm³/mol. The average Bonchev–Trinajstić information content (AvgIpc) is 3.07. The van der Waals surface area contributed by atoms with Crippen molar-refractivity contribution in [1.29, 1.82) is 0 Å². The number of rotatable bonds is 3. The Morgan fingerprint density at radius 2 is 1.73 bits per heavy atom. The molecule has 1 saturated heterocycles. The maximum Gasteiger partial charge on any atom is 0.223 e. The van der Waals surface area contributed by atoms with E-state index in [2.05, 4.69) is 20.4 Å². The zero-order valence-electron chi connectivity index (χ0n) is 13.8. The summed E-state index contributed by atoms with van der Waals surface area (Å²) < 4.78 is 25.7. The molecule has 0 aliphatic carbocycles. The van der Waals surface area contributed by atoms with Crippen LogP contribution in [0.1, 0.15) is 0 Å². The molecule has 4 rings (SSSR count). The van der Waals surface area contributed by atoms with Gasteiger partial charge in [0.15, 0.2) is 5.03 Å². The molecule has 9 heteroatoms. The van der Waals surface area contributed by atoms with Crippen molar-refractivity contribution in [2.75, 3.05) is 31.1 Å². The number of hydrogen-bond donors (Lipinski definition) is 2. The highest BCUT2D eigenvalue weighted by Crippen LogP contribution is 2.29. The van der Waals surface area contributed by atoms with Crippen molar-refractivity contribution in [3.8, 4) is 0 Å². The summed E-state index contributed by atoms with van der Waals surface area (Å²) in [6, 6.07) is 11.8. The summed E-state index contributed by atoms with van der Waals surface area (Å²) in [7, 11) is -3.68. The van der Waals surface area contributed by atoms with E-state index in [0.29, 0.717) is 15.9 Å². The van der Waals surface area contributed by atoms with E-state index in [1.165, 1.54) is 12.1 Å². The first-order chi connectivity index (χ1) is 12.1. The molecule has 1 aromatic heterocycles. The van der Waals surface area contributed by atoms with Crippen molar-refractivity contribution in [3.05, 3.63) is 47.5 Å². The van der Waals surface area contributed by atoms with E-state index in [0.717, 1.165) is 31.9 Å². The van der Waals surface area contributed by atoms with Gasteiger partial charge in [-0.05, 0) is 42.5 Å². The van der Waals surface area contributed by atoms with Crippen molar-refractivity contribution in [2.45, 2.75) is 9.92 Å². The lowest BCUT2D eigenvalue weighted by Gasteiger charge is -2.29. The van der Waals surface area contributed by atoms with Gasteiger partial charge in [-0.15, -0.1) is 12.4 Å². The van der Waals surface area contributed by atoms with Crippen molar-refractivity contribution >= 4 is 50.4 Å². The number of benzene rings is 2. The summed E-state index contributed by atoms with van der Waals surface area (Å²) >= 11 is 5.85. The van der Waals surface area contributed by atoms with Crippen LogP contribution in [0.4, 0.5) is 5.69 Å². The first kappa shape index (κ1) is 19.0. The monoisotopic (exact) mass is 412 g/mol. The van der Waals surface area contributed by atoms with Crippen LogP contribution < -0.4 is 10.2 Å². The Morgan fingerprint density at radius 1 is 1.04 bits per heavy atom. The van der Waals surface area contributed by atoms with Gasteiger partial charge in [0, 0.05) is 42.3 Å². The number of nitrogens with one attached hydrogen (secondary N) is 2. The summed E-state index contributed by atoms with van der Waals surface area (Å²) in [6.07, 6.45) is 0. The summed E-state index contributed by atoms with van der Waals surface area (Å²) in [6.45, 7) is 3.72. The Hall–Kier alpha value is -1.80. The average molecular weight is 413 g/mol. The normalized spacial score (nSPS) is 15.0. The molecule has 2 N–H and O–H groups in total. The molecule has 0 bridgehead atoms. The van der Waals surface area contributed by atoms with E-state index in [4.69, 9.17) is 11.6 Å². The molecule has 6 nitrogen and oxygen atoms in total. The zero-order valence-corrected chi connectivity index (χ0v) is 16.2. The number of fused-ring (bicyclic) bond motifs is 1. The molecular formula is C17H18Cl2N4O2S. The van der Waals surface area contributed by atoms with Gasteiger partial charge < -0.3 is 10.2 Å². The summed E-state index contributed by atoms with van der Waals surface area (Å²) in [4.78, 5) is 2.45. The predicted octanol–water partition coefficient (Wildman–Crippen LogP) is 2.88. The van der Waals surface area contributed by atoms with Crippen LogP contribution in [-0.2, 0) is 9.84 Å². The molecule has 2 aromatic carbocycles. The molecule has 1 fully saturated rings. The van der Waals surface area contributed by atoms with Crippen LogP contribution in [0.3, 0.4) is 0 Å². The number of H-pyrrole nitrogens is 1. The van der Waals surface area contributed by atoms with Gasteiger partial charge in [0.1, 0.15) is 0 Å². The summed E-state index contributed by atoms with van der Waals surface area (Å²) in [5.41, 5.74) is 1.69. The molecule has 0 spiro atoms. The van der Waals surface area contributed by atoms with Gasteiger partial charge >= 0.3 is 0 Å². The smallest absolute Gasteiger partial charge is 0.223 e. The van der Waals surface area contributed by atoms with Gasteiger partial charge in [0.05, 0.1) is 10.4 Å². The van der Waals surface area contributed by atoms with Crippen LogP contribution in [-0.4, -0.2) is 44.8 Å². The fourth-order valence-electron chi connectivity index (χ4n) is 3.03. The van der Waals surface area contributed by atoms with E-state index < -0.39 is 9.84 Å². The third-order valence-electron chi connectivity index (χ3n) is 4.38. The first-order valence-corrected chi connectivity index (χ1v) is 9.86. The molecular weight excluding hydrogens is 395 g/mol. The van der Waals surface area contributed by atoms with Crippen LogP contribution in [0.2, 0.25) is 5.02 Å². The molecule has 2 heterocycles. The van der Waals surface area contributed by atoms with Crippen LogP contribution in [0.25, 0.3) is 10.9 Å². The van der Waals surface area contributed by atoms with Gasteiger partial charge in [0.25, 0.3) is 0 Å². The largest absolute Gasteiger partial charge is 0.369 e. The molecule has 1 aliphatic heterocycles. The number of halogens is 2. The van der Waals surface area contributed by atoms with Crippen molar-refractivity contribution in [1.82, 2.24) is 15.5 Å². The van der Waals surface area contributed by atoms with E-state index in [1.54, 1.807) is 12.1 Å². The highest BCUT2D eigenvalue weighted by atomic mass is 35.5. The zero-order chi connectivity index (χ0) is 17.4. The minimum absolute atomic E-state index is 0. The standard InChI is InChI=1S/C17H17ClN4O2S.ClH/c18-12-1-4-14(5-2-12)25(23,24)17-15-6-3-13(11-16(15)20-21-17)22-9-7-19-8-10-22;/h1-6,11,19H,7-10H2,(H,20,21);1H. The number of aromatic amines is 1. The van der Waals surface area contributed by atoms with Crippen molar-refractivity contribution in [2.24, 2.45) is 0 Å². The first-order valence-electron chi connectivity index (χ1n) is 8.00. The topological polar surface area (TPSA) is 78.1 Å². The molecule has 1 aliphatic rings. The minimum Gasteiger partial charge on any atom is -0.369 e. The minimum atomic E-state index is -3.68. The van der Waals surface area contributed by atoms with Gasteiger partial charge in [-0.25, -0.2) is 8.42 Å². The fourth-order valence-corrected chi connectivity index (χ4v) is 4.52. The van der Waals surface area contributed by atoms with E-state index >= 15 is 0 Å². The van der Waals surface area contributed by atoms with Gasteiger partial charge in [-0.3, -0.25) is 5.10 Å². The van der Waals surface area contributed by atoms with Crippen LogP contribution in [0.15, 0.2) is 52.4 Å². The second-order valence-corrected chi connectivity index (χ2v) is 8.27. The molecule has 0 unspecified atom stereocenters. The number of nitrogens with zero attached hydrogens (tertiary/aromatic N) is 2. The number of aromatic nitrogens is 2. The Labute approximate surface area is 162 Å². The van der Waals surface area contributed by atoms with Gasteiger partial charge in [0.2, 0.25) is 9.84 Å². The van der Waals surface area contributed by atoms with E-state index in [1.807, 2.05) is 18.2 Å². The highest BCUT2D eigenvalue weighted by molar-refractivity contribution is 7.91. The molecule has 3 aromatic rings. The second-order valence-electron chi connectivity index (χ2n) is 5.95. The summed E-state index contributed by atoms with van der Waals surface area (Å²) in [5.74, 6) is 0. The number of piperazine rings is 1. The Morgan fingerprint density at radius 3 is 2.42 bits per heavy atom. The third-order valence-corrected chi connectivity index (χ3v) is 6.37. The highest BCUT2D eigenvalue weighted by Gasteiger charge is 2.23. The van der Waals surface area contributed by atoms with Crippen LogP contribution >= 0.6 is 24.0 Å². The Bertz CT molecular complexity index is 1010. The summed E-state index contributed by atoms with van der Waals surface area (Å²) in [5, 5.41) is 11.4. The lowest BCUT2D eigenvalue weighted by atomic mass is 10.2. The lowest BCUT2D eigenvalue weighted by Crippen LogP contribution is -2.43. The van der Waals surface area contributed by atoms with Gasteiger partial charge in [-0.2, -0.15) is 5.10 Å². The van der Waals surface area contributed by atoms with Crippen molar-refractivity contribution in [3.63, 3.8) is 0 Å². The molecule has 0 amide bonds. The van der Waals surface area contributed by atoms with Crippen molar-refractivity contribution < 1.29 is 8.42 Å². The molecule has 26 heavy (non-hydrogen) atoms. The fraction of sp³-hybridized carbons (Fsp3) is 0.235. The number of anilines is 1. The SMILES string of the molecule is Cl.O=S(=O)(c1ccc(Cl)cc1)c1[nH]nc2cc(N3CCNCC3)ccc12. The van der Waals surface area contributed by atoms with Crippen LogP contribution in [0, 0.1) is 0 Å². The van der Waals surface area contributed by atoms with E-state index in [-0.39, 0.29) is 22.3 Å². The number of sulfone groups is 1. The molecule has 0 saturated carbocycles. The second kappa shape index (κ2) is 7.44. The lowest BCUT2D eigenvalue weighted by molar-refractivity contribution is 0.589. The molecule has 0 radical (unpaired) electrons. The quantitative estimate of drug-likeness (QED) is 0.691. The molecule has 0 atom stereocenters. The third kappa shape index (κ3) is 3.40. The van der Waals surface area contributed by atoms with Crippen LogP contribution in [0.5, 0.6) is 0 Å². The van der Waals surface area contributed by atoms with Gasteiger partial charge in [-0.1, -0.05) is 11.6 Å². The molecule has 138 valence electrons. The number of hydrogen-bond acceptors (Lipinski definition) is 5. The maximum absolute atomic E-state index is 12.9. The Kier molecular flexibility index (Phi) is 5.43. The maximum atomic E-state index is 12.9.